The normalized spacial score (nSPS) is 11.5. The lowest BCUT2D eigenvalue weighted by Crippen LogP contribution is -2.00. The van der Waals surface area contributed by atoms with Crippen LogP contribution in [0.3, 0.4) is 0 Å². The van der Waals surface area contributed by atoms with Crippen molar-refractivity contribution < 1.29 is 0 Å². The third-order valence-electron chi connectivity index (χ3n) is 12.3. The Hall–Kier alpha value is -8.27. The van der Waals surface area contributed by atoms with Crippen molar-refractivity contribution in [3.05, 3.63) is 237 Å². The number of nitrogens with zero attached hydrogens (tertiary/aromatic N) is 3. The Morgan fingerprint density at radius 3 is 1.18 bits per heavy atom. The zero-order chi connectivity index (χ0) is 41.0. The van der Waals surface area contributed by atoms with Gasteiger partial charge in [0.25, 0.3) is 0 Å². The van der Waals surface area contributed by atoms with Crippen LogP contribution < -0.4 is 0 Å². The minimum Gasteiger partial charge on any atom is -0.309 e. The predicted octanol–water partition coefficient (Wildman–Crippen LogP) is 15.6. The molecule has 0 saturated heterocycles. The molecule has 0 fully saturated rings. The lowest BCUT2D eigenvalue weighted by atomic mass is 10.00. The van der Waals surface area contributed by atoms with Crippen LogP contribution in [-0.2, 0) is 0 Å². The Kier molecular flexibility index (Phi) is 8.50. The minimum absolute atomic E-state index is 0.896. The van der Waals surface area contributed by atoms with Gasteiger partial charge in [-0.1, -0.05) is 176 Å². The lowest BCUT2D eigenvalue weighted by Gasteiger charge is -2.13. The van der Waals surface area contributed by atoms with Crippen LogP contribution in [0.1, 0.15) is 0 Å². The largest absolute Gasteiger partial charge is 0.309 e. The van der Waals surface area contributed by atoms with Crippen LogP contribution in [0.25, 0.3) is 111 Å². The summed E-state index contributed by atoms with van der Waals surface area (Å²) < 4.78 is 4.73. The van der Waals surface area contributed by atoms with Gasteiger partial charge in [0, 0.05) is 32.8 Å². The molecule has 290 valence electrons. The molecule has 62 heavy (non-hydrogen) atoms. The van der Waals surface area contributed by atoms with Crippen molar-refractivity contribution in [2.24, 2.45) is 0 Å². The van der Waals surface area contributed by atoms with E-state index in [0.717, 1.165) is 44.9 Å². The van der Waals surface area contributed by atoms with Crippen LogP contribution in [-0.4, -0.2) is 14.1 Å². The van der Waals surface area contributed by atoms with Crippen molar-refractivity contribution in [1.82, 2.24) is 14.1 Å². The maximum absolute atomic E-state index is 5.34. The third-order valence-corrected chi connectivity index (χ3v) is 12.3. The van der Waals surface area contributed by atoms with Gasteiger partial charge >= 0.3 is 0 Å². The van der Waals surface area contributed by atoms with Crippen molar-refractivity contribution >= 4 is 43.6 Å². The molecule has 0 aliphatic heterocycles. The SMILES string of the molecule is c1ccc(-c2ccc(-c3ccc(-n4c5ccccc5c5cc(-c6ccc7c(c6)c6ccccc6n7-c6cc(-c7ccccc7)cc(-c7ccccc7)n6)ccc54)cc3)cc2)cc1. The molecule has 3 nitrogen and oxygen atoms in total. The van der Waals surface area contributed by atoms with Crippen LogP contribution in [0.2, 0.25) is 0 Å². The summed E-state index contributed by atoms with van der Waals surface area (Å²) in [6, 6.07) is 85.2. The molecule has 12 rings (SSSR count). The van der Waals surface area contributed by atoms with Crippen molar-refractivity contribution in [2.45, 2.75) is 0 Å². The van der Waals surface area contributed by atoms with Crippen LogP contribution >= 0.6 is 0 Å². The van der Waals surface area contributed by atoms with E-state index in [-0.39, 0.29) is 0 Å². The fourth-order valence-electron chi connectivity index (χ4n) is 9.30. The highest BCUT2D eigenvalue weighted by atomic mass is 15.1. The van der Waals surface area contributed by atoms with Gasteiger partial charge in [-0.3, -0.25) is 4.57 Å². The first-order valence-electron chi connectivity index (χ1n) is 21.2. The fourth-order valence-corrected chi connectivity index (χ4v) is 9.30. The second-order valence-corrected chi connectivity index (χ2v) is 16.0. The Morgan fingerprint density at radius 2 is 0.629 bits per heavy atom. The predicted molar refractivity (Wildman–Crippen MR) is 260 cm³/mol. The van der Waals surface area contributed by atoms with Crippen LogP contribution in [0.5, 0.6) is 0 Å². The Morgan fingerprint density at radius 1 is 0.242 bits per heavy atom. The van der Waals surface area contributed by atoms with E-state index in [4.69, 9.17) is 4.98 Å². The topological polar surface area (TPSA) is 22.8 Å². The minimum atomic E-state index is 0.896. The van der Waals surface area contributed by atoms with E-state index in [1.807, 2.05) is 0 Å². The maximum atomic E-state index is 5.34. The standard InChI is InChI=1S/C59H39N3/c1-4-14-40(15-5-1)42-24-26-43(27-25-42)44-28-32-49(33-29-44)61-55-22-12-10-20-50(55)52-36-46(30-34-57(52)61)47-31-35-58-53(37-47)51-21-11-13-23-56(51)62(58)59-39-48(41-16-6-2-7-17-41)38-54(60-59)45-18-8-3-9-19-45/h1-39H. The van der Waals surface area contributed by atoms with E-state index >= 15 is 0 Å². The summed E-state index contributed by atoms with van der Waals surface area (Å²) in [7, 11) is 0. The highest BCUT2D eigenvalue weighted by Crippen LogP contribution is 2.39. The van der Waals surface area contributed by atoms with E-state index in [0.29, 0.717) is 0 Å². The van der Waals surface area contributed by atoms with Gasteiger partial charge in [0.2, 0.25) is 0 Å². The number of aromatic nitrogens is 3. The summed E-state index contributed by atoms with van der Waals surface area (Å²) in [5.74, 6) is 0.896. The summed E-state index contributed by atoms with van der Waals surface area (Å²) in [5.41, 5.74) is 17.3. The molecule has 12 aromatic rings. The second kappa shape index (κ2) is 14.8. The second-order valence-electron chi connectivity index (χ2n) is 16.0. The summed E-state index contributed by atoms with van der Waals surface area (Å²) in [6.45, 7) is 0. The number of fused-ring (bicyclic) bond motifs is 6. The molecule has 3 heteroatoms. The average molecular weight is 790 g/mol. The first kappa shape index (κ1) is 35.7. The molecule has 3 aromatic heterocycles. The zero-order valence-corrected chi connectivity index (χ0v) is 33.9. The van der Waals surface area contributed by atoms with Gasteiger partial charge in [-0.2, -0.15) is 0 Å². The van der Waals surface area contributed by atoms with Crippen LogP contribution in [0, 0.1) is 0 Å². The molecule has 0 radical (unpaired) electrons. The van der Waals surface area contributed by atoms with E-state index in [2.05, 4.69) is 246 Å². The van der Waals surface area contributed by atoms with Crippen molar-refractivity contribution in [1.29, 1.82) is 0 Å². The molecule has 0 atom stereocenters. The number of rotatable bonds is 7. The first-order valence-corrected chi connectivity index (χ1v) is 21.2. The molecular weight excluding hydrogens is 751 g/mol. The monoisotopic (exact) mass is 789 g/mol. The molecule has 0 saturated carbocycles. The first-order chi connectivity index (χ1) is 30.7. The maximum Gasteiger partial charge on any atom is 0.138 e. The van der Waals surface area contributed by atoms with Gasteiger partial charge in [0.15, 0.2) is 0 Å². The van der Waals surface area contributed by atoms with Gasteiger partial charge in [0.05, 0.1) is 27.8 Å². The van der Waals surface area contributed by atoms with E-state index in [1.54, 1.807) is 0 Å². The Balaban J connectivity index is 0.945. The highest BCUT2D eigenvalue weighted by molar-refractivity contribution is 6.12. The number of pyridine rings is 1. The molecule has 3 heterocycles. The van der Waals surface area contributed by atoms with Crippen LogP contribution in [0.15, 0.2) is 237 Å². The molecule has 9 aromatic carbocycles. The third kappa shape index (κ3) is 6.10. The van der Waals surface area contributed by atoms with Gasteiger partial charge in [-0.15, -0.1) is 0 Å². The molecule has 0 amide bonds. The fraction of sp³-hybridized carbons (Fsp3) is 0. The number of benzene rings is 9. The summed E-state index contributed by atoms with van der Waals surface area (Å²) in [6.07, 6.45) is 0. The van der Waals surface area contributed by atoms with Crippen LogP contribution in [0.4, 0.5) is 0 Å². The van der Waals surface area contributed by atoms with Gasteiger partial charge in [-0.25, -0.2) is 4.98 Å². The number of hydrogen-bond donors (Lipinski definition) is 0. The van der Waals surface area contributed by atoms with E-state index < -0.39 is 0 Å². The molecular formula is C59H39N3. The van der Waals surface area contributed by atoms with Gasteiger partial charge < -0.3 is 4.57 Å². The van der Waals surface area contributed by atoms with Crippen molar-refractivity contribution in [2.75, 3.05) is 0 Å². The molecule has 0 aliphatic carbocycles. The van der Waals surface area contributed by atoms with Crippen molar-refractivity contribution in [3.8, 4) is 67.3 Å². The summed E-state index contributed by atoms with van der Waals surface area (Å²) >= 11 is 0. The quantitative estimate of drug-likeness (QED) is 0.158. The number of para-hydroxylation sites is 2. The Bertz CT molecular complexity index is 3520. The average Bonchev–Trinajstić information content (AvgIpc) is 3.87. The zero-order valence-electron chi connectivity index (χ0n) is 33.9. The molecule has 0 unspecified atom stereocenters. The van der Waals surface area contributed by atoms with Gasteiger partial charge in [0.1, 0.15) is 5.82 Å². The molecule has 0 spiro atoms. The Labute approximate surface area is 360 Å². The molecule has 0 aliphatic rings. The summed E-state index contributed by atoms with van der Waals surface area (Å²) in [4.78, 5) is 5.34. The van der Waals surface area contributed by atoms with E-state index in [9.17, 15) is 0 Å². The van der Waals surface area contributed by atoms with Crippen molar-refractivity contribution in [3.63, 3.8) is 0 Å². The molecule has 0 bridgehead atoms. The van der Waals surface area contributed by atoms with E-state index in [1.165, 1.54) is 66.0 Å². The lowest BCUT2D eigenvalue weighted by molar-refractivity contribution is 1.08. The summed E-state index contributed by atoms with van der Waals surface area (Å²) in [5, 5.41) is 4.87. The smallest absolute Gasteiger partial charge is 0.138 e. The molecule has 0 N–H and O–H groups in total. The highest BCUT2D eigenvalue weighted by Gasteiger charge is 2.18. The number of hydrogen-bond acceptors (Lipinski definition) is 1. The van der Waals surface area contributed by atoms with Gasteiger partial charge in [-0.05, 0) is 105 Å².